The van der Waals surface area contributed by atoms with Crippen LogP contribution in [0.1, 0.15) is 52.5 Å². The van der Waals surface area contributed by atoms with Gasteiger partial charge < -0.3 is 14.7 Å². The van der Waals surface area contributed by atoms with Crippen LogP contribution < -0.4 is 0 Å². The van der Waals surface area contributed by atoms with Gasteiger partial charge in [-0.05, 0) is 68.8 Å². The van der Waals surface area contributed by atoms with E-state index in [0.717, 1.165) is 31.5 Å². The number of methoxy groups -OCH3 is 1. The molecule has 0 spiro atoms. The molecular formula is C28H29Cl2N3O3. The zero-order valence-electron chi connectivity index (χ0n) is 20.4. The molecule has 36 heavy (non-hydrogen) atoms. The summed E-state index contributed by atoms with van der Waals surface area (Å²) in [6, 6.07) is 16.5. The number of carbonyl (C=O) groups is 1. The lowest BCUT2D eigenvalue weighted by atomic mass is 9.88. The van der Waals surface area contributed by atoms with E-state index in [1.54, 1.807) is 42.5 Å². The molecule has 2 aliphatic heterocycles. The highest BCUT2D eigenvalue weighted by Crippen LogP contribution is 2.46. The molecule has 1 unspecified atom stereocenters. The number of hydrogen-bond donors (Lipinski definition) is 1. The van der Waals surface area contributed by atoms with Crippen LogP contribution in [0.25, 0.3) is 0 Å². The average Bonchev–Trinajstić information content (AvgIpc) is 3.45. The number of carbonyl (C=O) groups excluding carboxylic acids is 1. The number of halogens is 2. The fourth-order valence-electron chi connectivity index (χ4n) is 5.42. The first-order chi connectivity index (χ1) is 17.2. The highest BCUT2D eigenvalue weighted by molar-refractivity contribution is 6.30. The third-order valence-electron chi connectivity index (χ3n) is 7.23. The lowest BCUT2D eigenvalue weighted by Crippen LogP contribution is -2.45. The summed E-state index contributed by atoms with van der Waals surface area (Å²) in [5.74, 6) is -0.197. The largest absolute Gasteiger partial charge is 0.384 e. The number of pyridine rings is 1. The van der Waals surface area contributed by atoms with Crippen molar-refractivity contribution in [2.24, 2.45) is 0 Å². The van der Waals surface area contributed by atoms with Crippen LogP contribution in [0.2, 0.25) is 10.0 Å². The molecule has 1 amide bonds. The molecule has 8 heteroatoms. The molecule has 1 N–H and O–H groups in total. The SMILES string of the molecule is CO[C@]1(c2ccc(Cl)cc2)c2ccc(C(C)(O)CN3CCCC3)cc2C(=O)N1Cc1ccc(Cl)cn1. The van der Waals surface area contributed by atoms with Gasteiger partial charge in [-0.2, -0.15) is 0 Å². The van der Waals surface area contributed by atoms with E-state index in [1.807, 2.05) is 37.3 Å². The minimum absolute atomic E-state index is 0.197. The van der Waals surface area contributed by atoms with Gasteiger partial charge in [0, 0.05) is 41.6 Å². The summed E-state index contributed by atoms with van der Waals surface area (Å²) in [6.45, 7) is 4.49. The molecule has 3 aromatic rings. The van der Waals surface area contributed by atoms with E-state index in [1.165, 1.54) is 0 Å². The molecule has 3 heterocycles. The maximum absolute atomic E-state index is 14.0. The normalized spacial score (nSPS) is 21.6. The Labute approximate surface area is 221 Å². The van der Waals surface area contributed by atoms with Gasteiger partial charge in [0.05, 0.1) is 22.9 Å². The lowest BCUT2D eigenvalue weighted by Gasteiger charge is -2.38. The Bertz CT molecular complexity index is 1260. The number of benzene rings is 2. The number of ether oxygens (including phenoxy) is 1. The quantitative estimate of drug-likeness (QED) is 0.459. The zero-order chi connectivity index (χ0) is 25.5. The van der Waals surface area contributed by atoms with Crippen molar-refractivity contribution in [3.05, 3.63) is 98.8 Å². The van der Waals surface area contributed by atoms with Crippen LogP contribution in [0.4, 0.5) is 0 Å². The number of nitrogens with zero attached hydrogens (tertiary/aromatic N) is 3. The molecule has 6 nitrogen and oxygen atoms in total. The van der Waals surface area contributed by atoms with Gasteiger partial charge in [0.2, 0.25) is 0 Å². The van der Waals surface area contributed by atoms with E-state index in [2.05, 4.69) is 9.88 Å². The Morgan fingerprint density at radius 3 is 2.39 bits per heavy atom. The van der Waals surface area contributed by atoms with Crippen LogP contribution in [-0.2, 0) is 22.6 Å². The Kier molecular flexibility index (Phi) is 6.83. The Hall–Kier alpha value is -2.48. The summed E-state index contributed by atoms with van der Waals surface area (Å²) < 4.78 is 6.20. The summed E-state index contributed by atoms with van der Waals surface area (Å²) in [7, 11) is 1.59. The van der Waals surface area contributed by atoms with Crippen LogP contribution >= 0.6 is 23.2 Å². The third-order valence-corrected chi connectivity index (χ3v) is 7.71. The summed E-state index contributed by atoms with van der Waals surface area (Å²) in [5.41, 5.74) is 1.09. The molecule has 2 atom stereocenters. The van der Waals surface area contributed by atoms with E-state index in [-0.39, 0.29) is 12.5 Å². The van der Waals surface area contributed by atoms with Crippen LogP contribution in [0.3, 0.4) is 0 Å². The maximum atomic E-state index is 14.0. The molecular weight excluding hydrogens is 497 g/mol. The smallest absolute Gasteiger partial charge is 0.257 e. The van der Waals surface area contributed by atoms with Gasteiger partial charge in [-0.25, -0.2) is 0 Å². The van der Waals surface area contributed by atoms with Crippen molar-refractivity contribution in [2.75, 3.05) is 26.7 Å². The number of aliphatic hydroxyl groups is 1. The first kappa shape index (κ1) is 25.2. The monoisotopic (exact) mass is 525 g/mol. The minimum Gasteiger partial charge on any atom is -0.384 e. The Balaban J connectivity index is 1.60. The summed E-state index contributed by atoms with van der Waals surface area (Å²) in [6.07, 6.45) is 3.85. The molecule has 0 saturated carbocycles. The van der Waals surface area contributed by atoms with Crippen molar-refractivity contribution in [1.82, 2.24) is 14.8 Å². The van der Waals surface area contributed by atoms with Crippen LogP contribution in [-0.4, -0.2) is 52.5 Å². The average molecular weight is 526 g/mol. The van der Waals surface area contributed by atoms with Gasteiger partial charge in [0.1, 0.15) is 0 Å². The minimum atomic E-state index is -1.18. The first-order valence-electron chi connectivity index (χ1n) is 12.1. The van der Waals surface area contributed by atoms with Crippen LogP contribution in [0.5, 0.6) is 0 Å². The van der Waals surface area contributed by atoms with Gasteiger partial charge in [0.15, 0.2) is 5.72 Å². The second-order valence-electron chi connectivity index (χ2n) is 9.73. The predicted octanol–water partition coefficient (Wildman–Crippen LogP) is 5.20. The van der Waals surface area contributed by atoms with Gasteiger partial charge in [-0.3, -0.25) is 14.7 Å². The van der Waals surface area contributed by atoms with Crippen molar-refractivity contribution in [2.45, 2.75) is 37.6 Å². The van der Waals surface area contributed by atoms with Gasteiger partial charge in [0.25, 0.3) is 5.91 Å². The fraction of sp³-hybridized carbons (Fsp3) is 0.357. The van der Waals surface area contributed by atoms with Crippen molar-refractivity contribution in [1.29, 1.82) is 0 Å². The highest BCUT2D eigenvalue weighted by Gasteiger charge is 2.52. The predicted molar refractivity (Wildman–Crippen MR) is 140 cm³/mol. The summed E-state index contributed by atoms with van der Waals surface area (Å²) >= 11 is 12.2. The summed E-state index contributed by atoms with van der Waals surface area (Å²) in [4.78, 5) is 22.3. The second-order valence-corrected chi connectivity index (χ2v) is 10.6. The van der Waals surface area contributed by atoms with Gasteiger partial charge in [-0.1, -0.05) is 47.5 Å². The molecule has 0 radical (unpaired) electrons. The first-order valence-corrected chi connectivity index (χ1v) is 12.8. The molecule has 1 fully saturated rings. The van der Waals surface area contributed by atoms with Crippen LogP contribution in [0.15, 0.2) is 60.8 Å². The van der Waals surface area contributed by atoms with Gasteiger partial charge in [-0.15, -0.1) is 0 Å². The van der Waals surface area contributed by atoms with E-state index in [9.17, 15) is 9.90 Å². The van der Waals surface area contributed by atoms with E-state index >= 15 is 0 Å². The second kappa shape index (κ2) is 9.77. The molecule has 188 valence electrons. The van der Waals surface area contributed by atoms with Crippen molar-refractivity contribution < 1.29 is 14.6 Å². The molecule has 2 aliphatic rings. The molecule has 1 aromatic heterocycles. The van der Waals surface area contributed by atoms with E-state index in [4.69, 9.17) is 27.9 Å². The highest BCUT2D eigenvalue weighted by atomic mass is 35.5. The lowest BCUT2D eigenvalue weighted by molar-refractivity contribution is -0.0868. The maximum Gasteiger partial charge on any atom is 0.257 e. The topological polar surface area (TPSA) is 65.9 Å². The molecule has 5 rings (SSSR count). The number of likely N-dealkylation sites (tertiary alicyclic amines) is 1. The van der Waals surface area contributed by atoms with E-state index in [0.29, 0.717) is 39.0 Å². The number of aromatic nitrogens is 1. The number of β-amino-alcohol motifs (C(OH)–C–C–N with tert-alkyl or cyclic N) is 1. The van der Waals surface area contributed by atoms with Crippen molar-refractivity contribution in [3.8, 4) is 0 Å². The number of hydrogen-bond acceptors (Lipinski definition) is 5. The molecule has 0 aliphatic carbocycles. The molecule has 0 bridgehead atoms. The third kappa shape index (κ3) is 4.42. The Morgan fingerprint density at radius 1 is 1.06 bits per heavy atom. The standard InChI is InChI=1S/C28H29Cl2N3O3/c1-27(35,18-32-13-3-4-14-32)20-7-12-25-24(15-20)26(34)33(17-23-11-10-22(30)16-31-23)28(25,36-2)19-5-8-21(29)9-6-19/h5-12,15-16,35H,3-4,13-14,17-18H2,1-2H3/t27?,28-/m1/s1. The number of fused-ring (bicyclic) bond motifs is 1. The number of rotatable bonds is 7. The number of amides is 1. The van der Waals surface area contributed by atoms with Gasteiger partial charge >= 0.3 is 0 Å². The van der Waals surface area contributed by atoms with E-state index < -0.39 is 11.3 Å². The summed E-state index contributed by atoms with van der Waals surface area (Å²) in [5, 5.41) is 12.5. The van der Waals surface area contributed by atoms with Crippen molar-refractivity contribution >= 4 is 29.1 Å². The molecule has 1 saturated heterocycles. The zero-order valence-corrected chi connectivity index (χ0v) is 21.9. The fourth-order valence-corrected chi connectivity index (χ4v) is 5.66. The Morgan fingerprint density at radius 2 is 1.75 bits per heavy atom. The molecule has 2 aromatic carbocycles. The van der Waals surface area contributed by atoms with Crippen molar-refractivity contribution in [3.63, 3.8) is 0 Å². The van der Waals surface area contributed by atoms with Crippen LogP contribution in [0, 0.1) is 0 Å².